The summed E-state index contributed by atoms with van der Waals surface area (Å²) in [5.74, 6) is -2.78. The molecule has 1 atom stereocenters. The van der Waals surface area contributed by atoms with Crippen molar-refractivity contribution in [1.82, 2.24) is 10.3 Å². The van der Waals surface area contributed by atoms with Crippen LogP contribution in [-0.4, -0.2) is 35.6 Å². The van der Waals surface area contributed by atoms with E-state index in [0.29, 0.717) is 17.8 Å². The Labute approximate surface area is 184 Å². The van der Waals surface area contributed by atoms with Gasteiger partial charge in [0.15, 0.2) is 0 Å². The Balaban J connectivity index is 1.92. The average molecular weight is 443 g/mol. The van der Waals surface area contributed by atoms with Crippen molar-refractivity contribution in [2.75, 3.05) is 13.7 Å². The number of aromatic nitrogens is 1. The number of rotatable bonds is 7. The van der Waals surface area contributed by atoms with Crippen LogP contribution in [0.4, 0.5) is 5.88 Å². The molecule has 3 rings (SSSR count). The Hall–Kier alpha value is -3.82. The van der Waals surface area contributed by atoms with Crippen LogP contribution in [0.5, 0.6) is 0 Å². The van der Waals surface area contributed by atoms with E-state index in [1.54, 1.807) is 13.8 Å². The number of hydrogen-bond donors (Lipinski definition) is 2. The quantitative estimate of drug-likeness (QED) is 0.378. The zero-order chi connectivity index (χ0) is 23.6. The van der Waals surface area contributed by atoms with Crippen LogP contribution in [0.2, 0.25) is 0 Å². The van der Waals surface area contributed by atoms with Crippen molar-refractivity contribution < 1.29 is 28.4 Å². The molecule has 10 heteroatoms. The molecule has 3 heterocycles. The summed E-state index contributed by atoms with van der Waals surface area (Å²) in [4.78, 5) is 39.3. The first-order valence-corrected chi connectivity index (χ1v) is 9.97. The lowest BCUT2D eigenvalue weighted by Gasteiger charge is -2.28. The number of H-pyrrole nitrogens is 1. The molecule has 10 nitrogen and oxygen atoms in total. The summed E-state index contributed by atoms with van der Waals surface area (Å²) in [6.45, 7) is 7.32. The molecule has 0 bridgehead atoms. The van der Waals surface area contributed by atoms with Gasteiger partial charge in [0.25, 0.3) is 0 Å². The smallest absolute Gasteiger partial charge is 0.433 e. The zero-order valence-corrected chi connectivity index (χ0v) is 18.5. The Kier molecular flexibility index (Phi) is 6.52. The fourth-order valence-corrected chi connectivity index (χ4v) is 3.90. The van der Waals surface area contributed by atoms with Crippen molar-refractivity contribution in [3.63, 3.8) is 0 Å². The second kappa shape index (κ2) is 9.13. The maximum Gasteiger partial charge on any atom is 0.433 e. The first-order chi connectivity index (χ1) is 15.1. The predicted molar refractivity (Wildman–Crippen MR) is 114 cm³/mol. The van der Waals surface area contributed by atoms with Gasteiger partial charge in [-0.3, -0.25) is 10.1 Å². The van der Waals surface area contributed by atoms with Crippen LogP contribution in [0.15, 0.2) is 45.2 Å². The summed E-state index contributed by atoms with van der Waals surface area (Å²) in [5, 5.41) is 14.1. The number of aryl methyl sites for hydroxylation is 2. The molecule has 2 N–H and O–H groups in total. The SMILES string of the molecule is COC(=O)C1=C(C)NC(C)=C(C(=O)OCCc2cc(C)[nH]c2C)[C@@H]1c1ccc([N+](=O)[O-])o1. The van der Waals surface area contributed by atoms with Crippen LogP contribution >= 0.6 is 0 Å². The number of nitro groups is 1. The number of dihydropyridines is 1. The standard InChI is InChI=1S/C22H25N3O7/c1-11-10-15(12(2)23-11)8-9-31-22(27)19-14(4)24-13(3)18(21(26)30-5)20(19)16-6-7-17(32-16)25(28)29/h6-7,10,20,23-24H,8-9H2,1-5H3/t20-/m1/s1. The third-order valence-corrected chi connectivity index (χ3v) is 5.32. The van der Waals surface area contributed by atoms with Crippen LogP contribution < -0.4 is 5.32 Å². The zero-order valence-electron chi connectivity index (χ0n) is 18.5. The second-order valence-corrected chi connectivity index (χ2v) is 7.55. The lowest BCUT2D eigenvalue weighted by Crippen LogP contribution is -2.32. The van der Waals surface area contributed by atoms with Crippen molar-refractivity contribution in [3.05, 3.63) is 73.6 Å². The molecule has 0 amide bonds. The number of aromatic amines is 1. The Bertz CT molecular complexity index is 1140. The predicted octanol–water partition coefficient (Wildman–Crippen LogP) is 3.33. The lowest BCUT2D eigenvalue weighted by atomic mass is 9.83. The Morgan fingerprint density at radius 3 is 2.31 bits per heavy atom. The summed E-state index contributed by atoms with van der Waals surface area (Å²) in [6, 6.07) is 4.54. The molecule has 0 fully saturated rings. The van der Waals surface area contributed by atoms with Gasteiger partial charge in [0, 0.05) is 29.2 Å². The number of furan rings is 1. The van der Waals surface area contributed by atoms with Crippen LogP contribution in [-0.2, 0) is 25.5 Å². The van der Waals surface area contributed by atoms with Crippen molar-refractivity contribution in [1.29, 1.82) is 0 Å². The molecule has 2 aromatic rings. The number of hydrogen-bond acceptors (Lipinski definition) is 8. The van der Waals surface area contributed by atoms with Gasteiger partial charge in [-0.15, -0.1) is 0 Å². The number of methoxy groups -OCH3 is 1. The van der Waals surface area contributed by atoms with Gasteiger partial charge in [-0.2, -0.15) is 0 Å². The summed E-state index contributed by atoms with van der Waals surface area (Å²) >= 11 is 0. The van der Waals surface area contributed by atoms with Gasteiger partial charge in [-0.25, -0.2) is 9.59 Å². The number of allylic oxidation sites excluding steroid dienone is 2. The molecule has 0 aromatic carbocycles. The average Bonchev–Trinajstić information content (AvgIpc) is 3.33. The lowest BCUT2D eigenvalue weighted by molar-refractivity contribution is -0.402. The minimum Gasteiger partial charge on any atom is -0.466 e. The van der Waals surface area contributed by atoms with E-state index in [0.717, 1.165) is 17.0 Å². The van der Waals surface area contributed by atoms with Gasteiger partial charge in [0.2, 0.25) is 0 Å². The number of nitrogens with one attached hydrogen (secondary N) is 2. The molecule has 0 spiro atoms. The summed E-state index contributed by atoms with van der Waals surface area (Å²) in [6.07, 6.45) is 0.511. The summed E-state index contributed by atoms with van der Waals surface area (Å²) in [5.41, 5.74) is 4.20. The topological polar surface area (TPSA) is 137 Å². The first kappa shape index (κ1) is 22.9. The summed E-state index contributed by atoms with van der Waals surface area (Å²) < 4.78 is 15.8. The van der Waals surface area contributed by atoms with Crippen LogP contribution in [0.25, 0.3) is 0 Å². The molecular formula is C22H25N3O7. The van der Waals surface area contributed by atoms with Gasteiger partial charge in [-0.1, -0.05) is 0 Å². The normalized spacial score (nSPS) is 16.1. The highest BCUT2D eigenvalue weighted by molar-refractivity contribution is 5.99. The first-order valence-electron chi connectivity index (χ1n) is 9.97. The third-order valence-electron chi connectivity index (χ3n) is 5.32. The number of carbonyl (C=O) groups is 2. The summed E-state index contributed by atoms with van der Waals surface area (Å²) in [7, 11) is 1.22. The van der Waals surface area contributed by atoms with E-state index in [1.165, 1.54) is 19.2 Å². The second-order valence-electron chi connectivity index (χ2n) is 7.55. The molecule has 1 aliphatic heterocycles. The molecule has 1 aliphatic rings. The maximum atomic E-state index is 13.1. The minimum atomic E-state index is -1.01. The molecule has 170 valence electrons. The number of ether oxygens (including phenoxy) is 2. The largest absolute Gasteiger partial charge is 0.466 e. The van der Waals surface area contributed by atoms with E-state index in [2.05, 4.69) is 10.3 Å². The molecule has 2 aromatic heterocycles. The number of carbonyl (C=O) groups excluding carboxylic acids is 2. The molecule has 32 heavy (non-hydrogen) atoms. The van der Waals surface area contributed by atoms with Crippen molar-refractivity contribution in [2.24, 2.45) is 0 Å². The fourth-order valence-electron chi connectivity index (χ4n) is 3.90. The fraction of sp³-hybridized carbons (Fsp3) is 0.364. The van der Waals surface area contributed by atoms with Gasteiger partial charge < -0.3 is 24.2 Å². The van der Waals surface area contributed by atoms with Gasteiger partial charge in [0.05, 0.1) is 36.8 Å². The highest BCUT2D eigenvalue weighted by atomic mass is 16.6. The molecule has 0 unspecified atom stereocenters. The highest BCUT2D eigenvalue weighted by Crippen LogP contribution is 2.40. The number of nitrogens with zero attached hydrogens (tertiary/aromatic N) is 1. The van der Waals surface area contributed by atoms with E-state index in [9.17, 15) is 19.7 Å². The van der Waals surface area contributed by atoms with E-state index in [1.807, 2.05) is 19.9 Å². The Morgan fingerprint density at radius 2 is 1.78 bits per heavy atom. The Morgan fingerprint density at radius 1 is 1.12 bits per heavy atom. The van der Waals surface area contributed by atoms with Crippen molar-refractivity contribution in [2.45, 2.75) is 40.0 Å². The highest BCUT2D eigenvalue weighted by Gasteiger charge is 2.40. The molecule has 0 aliphatic carbocycles. The van der Waals surface area contributed by atoms with Gasteiger partial charge in [-0.05, 0) is 45.4 Å². The van der Waals surface area contributed by atoms with Crippen LogP contribution in [0.1, 0.15) is 42.5 Å². The molecule has 0 saturated heterocycles. The number of esters is 2. The maximum absolute atomic E-state index is 13.1. The van der Waals surface area contributed by atoms with E-state index in [-0.39, 0.29) is 23.5 Å². The van der Waals surface area contributed by atoms with Crippen molar-refractivity contribution >= 4 is 17.8 Å². The van der Waals surface area contributed by atoms with E-state index >= 15 is 0 Å². The van der Waals surface area contributed by atoms with E-state index < -0.39 is 28.7 Å². The molecule has 0 radical (unpaired) electrons. The monoisotopic (exact) mass is 443 g/mol. The van der Waals surface area contributed by atoms with Gasteiger partial charge in [0.1, 0.15) is 10.7 Å². The third kappa shape index (κ3) is 4.43. The molecule has 0 saturated carbocycles. The molecular weight excluding hydrogens is 418 g/mol. The van der Waals surface area contributed by atoms with Crippen LogP contribution in [0, 0.1) is 24.0 Å². The van der Waals surface area contributed by atoms with E-state index in [4.69, 9.17) is 13.9 Å². The van der Waals surface area contributed by atoms with Crippen LogP contribution in [0.3, 0.4) is 0 Å². The van der Waals surface area contributed by atoms with Gasteiger partial charge >= 0.3 is 17.8 Å². The van der Waals surface area contributed by atoms with Crippen molar-refractivity contribution in [3.8, 4) is 0 Å². The minimum absolute atomic E-state index is 0.0707.